The number of ether oxygens (including phenoxy) is 2. The van der Waals surface area contributed by atoms with Crippen LogP contribution in [0.1, 0.15) is 38.4 Å². The quantitative estimate of drug-likeness (QED) is 0.839. The number of aliphatic hydroxyl groups is 1. The number of β-amino-alcohol motifs (C(OH)–C–C–N with tert-alkyl or cyclic N) is 1. The van der Waals surface area contributed by atoms with Crippen LogP contribution in [-0.4, -0.2) is 49.0 Å². The van der Waals surface area contributed by atoms with Crippen LogP contribution in [0.25, 0.3) is 0 Å². The van der Waals surface area contributed by atoms with Gasteiger partial charge in [-0.15, -0.1) is 0 Å². The Morgan fingerprint density at radius 2 is 2.10 bits per heavy atom. The number of morpholine rings is 1. The van der Waals surface area contributed by atoms with Crippen LogP contribution in [0, 0.1) is 0 Å². The van der Waals surface area contributed by atoms with Gasteiger partial charge in [-0.05, 0) is 30.5 Å². The van der Waals surface area contributed by atoms with Crippen LogP contribution in [-0.2, 0) is 4.74 Å². The average molecular weight is 293 g/mol. The molecule has 1 heterocycles. The first-order valence-electron chi connectivity index (χ1n) is 7.97. The van der Waals surface area contributed by atoms with E-state index in [4.69, 9.17) is 9.47 Å². The molecule has 1 N–H and O–H groups in total. The van der Waals surface area contributed by atoms with E-state index in [1.165, 1.54) is 0 Å². The van der Waals surface area contributed by atoms with E-state index in [9.17, 15) is 5.11 Å². The summed E-state index contributed by atoms with van der Waals surface area (Å²) in [7, 11) is 0. The zero-order valence-electron chi connectivity index (χ0n) is 13.1. The number of hydrogen-bond donors (Lipinski definition) is 1. The van der Waals surface area contributed by atoms with Crippen LogP contribution in [0.5, 0.6) is 5.75 Å². The van der Waals surface area contributed by atoms with Gasteiger partial charge in [0.05, 0.1) is 25.9 Å². The van der Waals surface area contributed by atoms with Crippen molar-refractivity contribution in [3.63, 3.8) is 0 Å². The van der Waals surface area contributed by atoms with Crippen LogP contribution in [0.2, 0.25) is 0 Å². The molecule has 1 aromatic carbocycles. The molecule has 0 saturated carbocycles. The zero-order chi connectivity index (χ0) is 15.1. The molecule has 0 amide bonds. The van der Waals surface area contributed by atoms with E-state index in [1.807, 2.05) is 24.3 Å². The summed E-state index contributed by atoms with van der Waals surface area (Å²) in [6, 6.07) is 8.20. The Hall–Kier alpha value is -1.10. The van der Waals surface area contributed by atoms with Crippen LogP contribution in [0.4, 0.5) is 0 Å². The summed E-state index contributed by atoms with van der Waals surface area (Å²) in [6.07, 6.45) is 1.59. The highest BCUT2D eigenvalue weighted by Crippen LogP contribution is 2.21. The maximum absolute atomic E-state index is 10.4. The molecule has 0 bridgehead atoms. The Morgan fingerprint density at radius 1 is 1.33 bits per heavy atom. The molecule has 1 aromatic rings. The van der Waals surface area contributed by atoms with E-state index >= 15 is 0 Å². The van der Waals surface area contributed by atoms with Crippen molar-refractivity contribution in [1.29, 1.82) is 0 Å². The largest absolute Gasteiger partial charge is 0.494 e. The minimum Gasteiger partial charge on any atom is -0.494 e. The second-order valence-corrected chi connectivity index (χ2v) is 5.57. The summed E-state index contributed by atoms with van der Waals surface area (Å²) in [6.45, 7) is 8.07. The Morgan fingerprint density at radius 3 is 2.76 bits per heavy atom. The Kier molecular flexibility index (Phi) is 6.49. The van der Waals surface area contributed by atoms with Gasteiger partial charge in [0.15, 0.2) is 0 Å². The summed E-state index contributed by atoms with van der Waals surface area (Å²) in [5.74, 6) is 0.866. The molecule has 2 unspecified atom stereocenters. The lowest BCUT2D eigenvalue weighted by Gasteiger charge is -2.36. The highest BCUT2D eigenvalue weighted by Gasteiger charge is 2.23. The summed E-state index contributed by atoms with van der Waals surface area (Å²) in [5.41, 5.74) is 0.945. The topological polar surface area (TPSA) is 41.9 Å². The molecule has 0 radical (unpaired) electrons. The molecule has 21 heavy (non-hydrogen) atoms. The maximum Gasteiger partial charge on any atom is 0.119 e. The fourth-order valence-electron chi connectivity index (χ4n) is 2.64. The first-order valence-corrected chi connectivity index (χ1v) is 7.97. The Balaban J connectivity index is 1.91. The van der Waals surface area contributed by atoms with E-state index in [1.54, 1.807) is 0 Å². The van der Waals surface area contributed by atoms with Gasteiger partial charge in [0, 0.05) is 19.1 Å². The van der Waals surface area contributed by atoms with Crippen molar-refractivity contribution in [3.05, 3.63) is 29.8 Å². The second kappa shape index (κ2) is 8.37. The van der Waals surface area contributed by atoms with Gasteiger partial charge in [0.25, 0.3) is 0 Å². The van der Waals surface area contributed by atoms with Gasteiger partial charge in [-0.1, -0.05) is 26.0 Å². The lowest BCUT2D eigenvalue weighted by molar-refractivity contribution is -0.0277. The third-order valence-electron chi connectivity index (χ3n) is 3.97. The van der Waals surface area contributed by atoms with E-state index in [0.29, 0.717) is 12.6 Å². The van der Waals surface area contributed by atoms with Gasteiger partial charge in [-0.25, -0.2) is 0 Å². The minimum absolute atomic E-state index is 0.417. The monoisotopic (exact) mass is 293 g/mol. The van der Waals surface area contributed by atoms with Crippen LogP contribution in [0.15, 0.2) is 24.3 Å². The first-order chi connectivity index (χ1) is 10.2. The van der Waals surface area contributed by atoms with Crippen molar-refractivity contribution >= 4 is 0 Å². The van der Waals surface area contributed by atoms with Crippen LogP contribution < -0.4 is 4.74 Å². The molecule has 2 atom stereocenters. The van der Waals surface area contributed by atoms with Gasteiger partial charge >= 0.3 is 0 Å². The van der Waals surface area contributed by atoms with Crippen molar-refractivity contribution in [1.82, 2.24) is 4.90 Å². The molecule has 4 heteroatoms. The van der Waals surface area contributed by atoms with Gasteiger partial charge in [-0.3, -0.25) is 4.90 Å². The zero-order valence-corrected chi connectivity index (χ0v) is 13.1. The van der Waals surface area contributed by atoms with E-state index in [-0.39, 0.29) is 0 Å². The highest BCUT2D eigenvalue weighted by atomic mass is 16.5. The van der Waals surface area contributed by atoms with Gasteiger partial charge in [0.2, 0.25) is 0 Å². The molecule has 0 aliphatic carbocycles. The standard InChI is InChI=1S/C17H27NO3/c1-3-10-21-16-7-5-14(6-8-16)17(19)12-18-9-11-20-13-15(18)4-2/h5-8,15,17,19H,3-4,9-13H2,1-2H3. The highest BCUT2D eigenvalue weighted by molar-refractivity contribution is 5.28. The van der Waals surface area contributed by atoms with Crippen molar-refractivity contribution in [2.45, 2.75) is 38.8 Å². The third kappa shape index (κ3) is 4.70. The van der Waals surface area contributed by atoms with Crippen molar-refractivity contribution < 1.29 is 14.6 Å². The summed E-state index contributed by atoms with van der Waals surface area (Å²) in [4.78, 5) is 2.33. The predicted molar refractivity (Wildman–Crippen MR) is 83.7 cm³/mol. The summed E-state index contributed by atoms with van der Waals surface area (Å²) >= 11 is 0. The summed E-state index contributed by atoms with van der Waals surface area (Å²) in [5, 5.41) is 10.4. The van der Waals surface area contributed by atoms with Crippen LogP contribution >= 0.6 is 0 Å². The molecule has 2 rings (SSSR count). The number of nitrogens with zero attached hydrogens (tertiary/aromatic N) is 1. The van der Waals surface area contributed by atoms with E-state index in [0.717, 1.165) is 50.5 Å². The predicted octanol–water partition coefficient (Wildman–Crippen LogP) is 2.62. The fraction of sp³-hybridized carbons (Fsp3) is 0.647. The number of benzene rings is 1. The molecule has 1 fully saturated rings. The first kappa shape index (κ1) is 16.3. The molecule has 1 saturated heterocycles. The van der Waals surface area contributed by atoms with Crippen molar-refractivity contribution in [3.8, 4) is 5.75 Å². The number of rotatable bonds is 7. The van der Waals surface area contributed by atoms with Gasteiger partial charge in [0.1, 0.15) is 5.75 Å². The van der Waals surface area contributed by atoms with Crippen molar-refractivity contribution in [2.75, 3.05) is 32.9 Å². The Labute approximate surface area is 127 Å². The van der Waals surface area contributed by atoms with E-state index in [2.05, 4.69) is 18.7 Å². The number of hydrogen-bond acceptors (Lipinski definition) is 4. The molecule has 0 aromatic heterocycles. The maximum atomic E-state index is 10.4. The molecule has 118 valence electrons. The third-order valence-corrected chi connectivity index (χ3v) is 3.97. The number of aliphatic hydroxyl groups excluding tert-OH is 1. The van der Waals surface area contributed by atoms with Crippen LogP contribution in [0.3, 0.4) is 0 Å². The second-order valence-electron chi connectivity index (χ2n) is 5.57. The molecule has 1 aliphatic heterocycles. The van der Waals surface area contributed by atoms with Gasteiger partial charge in [-0.2, -0.15) is 0 Å². The van der Waals surface area contributed by atoms with E-state index < -0.39 is 6.10 Å². The molecule has 4 nitrogen and oxygen atoms in total. The molecular formula is C17H27NO3. The summed E-state index contributed by atoms with van der Waals surface area (Å²) < 4.78 is 11.1. The lowest BCUT2D eigenvalue weighted by atomic mass is 10.1. The minimum atomic E-state index is -0.461. The molecular weight excluding hydrogens is 266 g/mol. The SMILES string of the molecule is CCCOc1ccc(C(O)CN2CCOCC2CC)cc1. The molecule has 1 aliphatic rings. The van der Waals surface area contributed by atoms with Crippen molar-refractivity contribution in [2.24, 2.45) is 0 Å². The average Bonchev–Trinajstić information content (AvgIpc) is 2.54. The fourth-order valence-corrected chi connectivity index (χ4v) is 2.64. The molecule has 0 spiro atoms. The Bertz CT molecular complexity index is 407. The van der Waals surface area contributed by atoms with Gasteiger partial charge < -0.3 is 14.6 Å². The normalized spacial score (nSPS) is 21.2. The lowest BCUT2D eigenvalue weighted by Crippen LogP contribution is -2.46. The smallest absolute Gasteiger partial charge is 0.119 e.